The second-order valence-electron chi connectivity index (χ2n) is 8.22. The molecule has 1 aliphatic heterocycles. The van der Waals surface area contributed by atoms with Crippen LogP contribution < -0.4 is 5.56 Å². The Hall–Kier alpha value is -2.48. The fraction of sp³-hybridized carbons (Fsp3) is 0.500. The quantitative estimate of drug-likeness (QED) is 0.678. The van der Waals surface area contributed by atoms with Crippen LogP contribution in [0.1, 0.15) is 40.0 Å². The molecule has 0 aliphatic carbocycles. The smallest absolute Gasteiger partial charge is 0.293 e. The zero-order chi connectivity index (χ0) is 19.9. The van der Waals surface area contributed by atoms with Gasteiger partial charge in [-0.05, 0) is 51.5 Å². The third kappa shape index (κ3) is 3.37. The fourth-order valence-corrected chi connectivity index (χ4v) is 4.38. The molecule has 0 saturated carbocycles. The highest BCUT2D eigenvalue weighted by atomic mass is 32.1. The van der Waals surface area contributed by atoms with E-state index in [9.17, 15) is 9.59 Å². The van der Waals surface area contributed by atoms with Crippen molar-refractivity contribution in [2.24, 2.45) is 0 Å². The monoisotopic (exact) mass is 399 g/mol. The van der Waals surface area contributed by atoms with Gasteiger partial charge in [-0.1, -0.05) is 6.07 Å². The number of amides is 1. The lowest BCUT2D eigenvalue weighted by molar-refractivity contribution is -0.133. The van der Waals surface area contributed by atoms with E-state index in [4.69, 9.17) is 0 Å². The number of piperidine rings is 1. The summed E-state index contributed by atoms with van der Waals surface area (Å²) in [5.41, 5.74) is 0.570. The van der Waals surface area contributed by atoms with Crippen molar-refractivity contribution in [3.8, 4) is 10.6 Å². The maximum Gasteiger partial charge on any atom is 0.293 e. The molecule has 1 amide bonds. The van der Waals surface area contributed by atoms with Crippen LogP contribution >= 0.6 is 11.3 Å². The number of likely N-dealkylation sites (tertiary alicyclic amines) is 1. The van der Waals surface area contributed by atoms with Crippen LogP contribution in [-0.4, -0.2) is 43.5 Å². The highest BCUT2D eigenvalue weighted by Crippen LogP contribution is 2.30. The van der Waals surface area contributed by atoms with Gasteiger partial charge in [0, 0.05) is 13.1 Å². The first-order chi connectivity index (χ1) is 13.4. The van der Waals surface area contributed by atoms with Crippen LogP contribution in [0.3, 0.4) is 0 Å². The van der Waals surface area contributed by atoms with E-state index in [-0.39, 0.29) is 23.6 Å². The Morgan fingerprint density at radius 2 is 1.96 bits per heavy atom. The molecule has 148 valence electrons. The molecule has 1 fully saturated rings. The Kier molecular flexibility index (Phi) is 4.82. The van der Waals surface area contributed by atoms with E-state index >= 15 is 0 Å². The minimum absolute atomic E-state index is 0.0392. The lowest BCUT2D eigenvalue weighted by Crippen LogP contribution is -2.40. The van der Waals surface area contributed by atoms with E-state index in [1.165, 1.54) is 4.68 Å². The topological polar surface area (TPSA) is 73.0 Å². The van der Waals surface area contributed by atoms with Gasteiger partial charge in [-0.2, -0.15) is 10.2 Å². The molecule has 3 aromatic rings. The van der Waals surface area contributed by atoms with Gasteiger partial charge < -0.3 is 4.90 Å². The summed E-state index contributed by atoms with van der Waals surface area (Å²) in [4.78, 5) is 28.8. The van der Waals surface area contributed by atoms with Crippen molar-refractivity contribution in [1.29, 1.82) is 0 Å². The molecule has 1 saturated heterocycles. The molecule has 1 aliphatic rings. The number of thiophene rings is 1. The second-order valence-corrected chi connectivity index (χ2v) is 9.17. The van der Waals surface area contributed by atoms with E-state index in [1.807, 2.05) is 43.2 Å². The lowest BCUT2D eigenvalue weighted by Gasteiger charge is -2.26. The average Bonchev–Trinajstić information content (AvgIpc) is 3.34. The van der Waals surface area contributed by atoms with Gasteiger partial charge >= 0.3 is 0 Å². The summed E-state index contributed by atoms with van der Waals surface area (Å²) in [5, 5.41) is 11.8. The van der Waals surface area contributed by atoms with E-state index in [0.717, 1.165) is 42.6 Å². The standard InChI is InChI=1S/C20H25N5O2S/c1-20(2,3)25-18-14(12-21-25)17(15-8-7-11-28-15)22-24(19(18)27)13-16(26)23-9-5-4-6-10-23/h7-8,11-12H,4-6,9-10,13H2,1-3H3. The number of carbonyl (C=O) groups excluding carboxylic acids is 1. The number of rotatable bonds is 3. The summed E-state index contributed by atoms with van der Waals surface area (Å²) in [6.07, 6.45) is 4.90. The molecule has 0 unspecified atom stereocenters. The lowest BCUT2D eigenvalue weighted by atomic mass is 10.1. The summed E-state index contributed by atoms with van der Waals surface area (Å²) >= 11 is 1.56. The van der Waals surface area contributed by atoms with Crippen molar-refractivity contribution in [1.82, 2.24) is 24.5 Å². The highest BCUT2D eigenvalue weighted by molar-refractivity contribution is 7.13. The summed E-state index contributed by atoms with van der Waals surface area (Å²) in [6.45, 7) is 7.50. The van der Waals surface area contributed by atoms with E-state index in [1.54, 1.807) is 22.2 Å². The Labute approximate surface area is 167 Å². The van der Waals surface area contributed by atoms with Crippen LogP contribution in [-0.2, 0) is 16.9 Å². The zero-order valence-electron chi connectivity index (χ0n) is 16.5. The first-order valence-electron chi connectivity index (χ1n) is 9.67. The molecule has 4 rings (SSSR count). The molecule has 0 N–H and O–H groups in total. The van der Waals surface area contributed by atoms with Crippen molar-refractivity contribution in [3.05, 3.63) is 34.1 Å². The maximum absolute atomic E-state index is 13.3. The summed E-state index contributed by atoms with van der Waals surface area (Å²) in [7, 11) is 0. The first-order valence-corrected chi connectivity index (χ1v) is 10.6. The number of hydrogen-bond donors (Lipinski definition) is 0. The van der Waals surface area contributed by atoms with Gasteiger partial charge in [0.15, 0.2) is 0 Å². The molecular formula is C20H25N5O2S. The molecule has 0 radical (unpaired) electrons. The van der Waals surface area contributed by atoms with Crippen molar-refractivity contribution in [2.75, 3.05) is 13.1 Å². The van der Waals surface area contributed by atoms with Crippen LogP contribution in [0.2, 0.25) is 0 Å². The van der Waals surface area contributed by atoms with Crippen LogP contribution in [0.5, 0.6) is 0 Å². The third-order valence-corrected chi connectivity index (χ3v) is 5.94. The number of nitrogens with zero attached hydrogens (tertiary/aromatic N) is 5. The molecule has 7 nitrogen and oxygen atoms in total. The van der Waals surface area contributed by atoms with Crippen molar-refractivity contribution in [3.63, 3.8) is 0 Å². The fourth-order valence-electron chi connectivity index (χ4n) is 3.65. The van der Waals surface area contributed by atoms with Gasteiger partial charge in [-0.3, -0.25) is 14.3 Å². The Bertz CT molecular complexity index is 1050. The SMILES string of the molecule is CC(C)(C)n1ncc2c(-c3cccs3)nn(CC(=O)N3CCCCC3)c(=O)c21. The van der Waals surface area contributed by atoms with E-state index in [2.05, 4.69) is 10.2 Å². The van der Waals surface area contributed by atoms with Gasteiger partial charge in [-0.15, -0.1) is 11.3 Å². The molecule has 8 heteroatoms. The summed E-state index contributed by atoms with van der Waals surface area (Å²) in [5.74, 6) is -0.0485. The number of aromatic nitrogens is 4. The molecular weight excluding hydrogens is 374 g/mol. The van der Waals surface area contributed by atoms with Crippen LogP contribution in [0.4, 0.5) is 0 Å². The number of fused-ring (bicyclic) bond motifs is 1. The molecule has 0 spiro atoms. The highest BCUT2D eigenvalue weighted by Gasteiger charge is 2.25. The van der Waals surface area contributed by atoms with Crippen LogP contribution in [0.25, 0.3) is 21.5 Å². The van der Waals surface area contributed by atoms with Gasteiger partial charge in [0.05, 0.1) is 22.0 Å². The van der Waals surface area contributed by atoms with Crippen LogP contribution in [0, 0.1) is 0 Å². The molecule has 0 bridgehead atoms. The molecule has 3 aromatic heterocycles. The summed E-state index contributed by atoms with van der Waals surface area (Å²) in [6, 6.07) is 3.93. The Morgan fingerprint density at radius 1 is 1.21 bits per heavy atom. The van der Waals surface area contributed by atoms with Crippen molar-refractivity contribution in [2.45, 2.75) is 52.1 Å². The van der Waals surface area contributed by atoms with E-state index in [0.29, 0.717) is 11.2 Å². The first kappa shape index (κ1) is 18.9. The zero-order valence-corrected chi connectivity index (χ0v) is 17.3. The van der Waals surface area contributed by atoms with Gasteiger partial charge in [0.25, 0.3) is 5.56 Å². The minimum atomic E-state index is -0.357. The van der Waals surface area contributed by atoms with Gasteiger partial charge in [0.2, 0.25) is 5.91 Å². The van der Waals surface area contributed by atoms with Crippen LogP contribution in [0.15, 0.2) is 28.5 Å². The van der Waals surface area contributed by atoms with Gasteiger partial charge in [-0.25, -0.2) is 4.68 Å². The predicted molar refractivity (Wildman–Crippen MR) is 111 cm³/mol. The molecule has 28 heavy (non-hydrogen) atoms. The normalized spacial score (nSPS) is 15.3. The molecule has 4 heterocycles. The Morgan fingerprint density at radius 3 is 2.61 bits per heavy atom. The molecule has 0 aromatic carbocycles. The summed E-state index contributed by atoms with van der Waals surface area (Å²) < 4.78 is 3.06. The Balaban J connectivity index is 1.85. The second kappa shape index (κ2) is 7.16. The maximum atomic E-state index is 13.3. The molecule has 0 atom stereocenters. The van der Waals surface area contributed by atoms with Crippen molar-refractivity contribution >= 4 is 28.1 Å². The average molecular weight is 400 g/mol. The van der Waals surface area contributed by atoms with Gasteiger partial charge in [0.1, 0.15) is 17.8 Å². The minimum Gasteiger partial charge on any atom is -0.341 e. The number of carbonyl (C=O) groups is 1. The number of hydrogen-bond acceptors (Lipinski definition) is 5. The van der Waals surface area contributed by atoms with Crippen molar-refractivity contribution < 1.29 is 4.79 Å². The predicted octanol–water partition coefficient (Wildman–Crippen LogP) is 3.09. The van der Waals surface area contributed by atoms with E-state index < -0.39 is 0 Å². The third-order valence-electron chi connectivity index (χ3n) is 5.07. The largest absolute Gasteiger partial charge is 0.341 e.